The third-order valence-electron chi connectivity index (χ3n) is 3.46. The molecule has 1 rings (SSSR count). The van der Waals surface area contributed by atoms with Crippen LogP contribution in [-0.2, 0) is 47.6 Å². The van der Waals surface area contributed by atoms with Crippen LogP contribution in [0, 0.1) is 0 Å². The van der Waals surface area contributed by atoms with Gasteiger partial charge < -0.3 is 28.4 Å². The molecule has 0 spiro atoms. The number of hydrogen-bond acceptors (Lipinski definition) is 10. The second kappa shape index (κ2) is 9.65. The summed E-state index contributed by atoms with van der Waals surface area (Å²) in [4.78, 5) is 45.9. The molecule has 10 nitrogen and oxygen atoms in total. The highest BCUT2D eigenvalue weighted by Gasteiger charge is 2.47. The molecule has 0 unspecified atom stereocenters. The van der Waals surface area contributed by atoms with Crippen molar-refractivity contribution in [2.24, 2.45) is 0 Å². The van der Waals surface area contributed by atoms with E-state index in [9.17, 15) is 19.2 Å². The normalized spacial score (nSPS) is 21.5. The summed E-state index contributed by atoms with van der Waals surface area (Å²) in [6.07, 6.45) is -4.46. The maximum atomic E-state index is 11.6. The number of carbonyl (C=O) groups excluding carboxylic acids is 4. The third-order valence-corrected chi connectivity index (χ3v) is 3.46. The Kier molecular flexibility index (Phi) is 8.17. The van der Waals surface area contributed by atoms with E-state index >= 15 is 0 Å². The van der Waals surface area contributed by atoms with Gasteiger partial charge in [-0.15, -0.1) is 0 Å². The van der Waals surface area contributed by atoms with E-state index in [0.717, 1.165) is 13.8 Å². The molecule has 0 N–H and O–H groups in total. The maximum Gasteiger partial charge on any atom is 0.303 e. The van der Waals surface area contributed by atoms with Crippen molar-refractivity contribution in [2.45, 2.75) is 71.7 Å². The fraction of sp³-hybridized carbons (Fsp3) is 0.765. The van der Waals surface area contributed by atoms with Crippen LogP contribution in [0.1, 0.15) is 41.5 Å². The molecule has 0 aromatic carbocycles. The van der Waals surface area contributed by atoms with Gasteiger partial charge in [0.05, 0.1) is 6.61 Å². The summed E-state index contributed by atoms with van der Waals surface area (Å²) in [7, 11) is 0. The van der Waals surface area contributed by atoms with Crippen LogP contribution in [0.5, 0.6) is 0 Å². The van der Waals surface area contributed by atoms with Crippen molar-refractivity contribution in [1.82, 2.24) is 0 Å². The minimum atomic E-state index is -1.28. The Morgan fingerprint density at radius 3 is 1.89 bits per heavy atom. The minimum Gasteiger partial charge on any atom is -0.462 e. The van der Waals surface area contributed by atoms with E-state index in [4.69, 9.17) is 28.4 Å². The molecule has 1 aliphatic rings. The number of esters is 4. The first-order valence-electron chi connectivity index (χ1n) is 8.38. The van der Waals surface area contributed by atoms with Gasteiger partial charge in [-0.25, -0.2) is 0 Å². The van der Waals surface area contributed by atoms with Gasteiger partial charge in [-0.3, -0.25) is 19.2 Å². The highest BCUT2D eigenvalue weighted by atomic mass is 16.8. The largest absolute Gasteiger partial charge is 0.462 e. The van der Waals surface area contributed by atoms with Gasteiger partial charge in [0.25, 0.3) is 0 Å². The van der Waals surface area contributed by atoms with Crippen LogP contribution in [0.4, 0.5) is 0 Å². The van der Waals surface area contributed by atoms with Crippen LogP contribution < -0.4 is 0 Å². The van der Waals surface area contributed by atoms with Crippen molar-refractivity contribution in [2.75, 3.05) is 13.2 Å². The molecule has 1 aliphatic heterocycles. The van der Waals surface area contributed by atoms with Gasteiger partial charge >= 0.3 is 23.9 Å². The predicted octanol–water partition coefficient (Wildman–Crippen LogP) is 0.496. The number of rotatable bonds is 8. The van der Waals surface area contributed by atoms with Crippen molar-refractivity contribution < 1.29 is 47.6 Å². The molecule has 0 bridgehead atoms. The molecule has 154 valence electrons. The van der Waals surface area contributed by atoms with Gasteiger partial charge in [-0.1, -0.05) is 0 Å². The zero-order chi connectivity index (χ0) is 20.8. The zero-order valence-electron chi connectivity index (χ0n) is 16.3. The fourth-order valence-electron chi connectivity index (χ4n) is 2.58. The molecule has 0 amide bonds. The molecule has 4 atom stereocenters. The smallest absolute Gasteiger partial charge is 0.303 e. The fourth-order valence-corrected chi connectivity index (χ4v) is 2.58. The van der Waals surface area contributed by atoms with E-state index in [1.165, 1.54) is 13.8 Å². The van der Waals surface area contributed by atoms with Crippen molar-refractivity contribution in [3.8, 4) is 0 Å². The minimum absolute atomic E-state index is 0.0447. The maximum absolute atomic E-state index is 11.6. The van der Waals surface area contributed by atoms with Gasteiger partial charge in [0.2, 0.25) is 0 Å². The van der Waals surface area contributed by atoms with Crippen LogP contribution >= 0.6 is 0 Å². The average Bonchev–Trinajstić information content (AvgIpc) is 2.86. The molecule has 1 heterocycles. The molecule has 10 heteroatoms. The molecule has 1 fully saturated rings. The molecule has 27 heavy (non-hydrogen) atoms. The predicted molar refractivity (Wildman–Crippen MR) is 88.2 cm³/mol. The quantitative estimate of drug-likeness (QED) is 0.427. The lowest BCUT2D eigenvalue weighted by molar-refractivity contribution is -0.207. The molecular formula is C17H26O10. The SMILES string of the molecule is CC(=O)OC[C@H](OC(C)=O)[C@@H](OC(C)=O)[C@H](OC(C)=O)[C@H]1COC(C)(C)O1. The lowest BCUT2D eigenvalue weighted by Gasteiger charge is -2.34. The summed E-state index contributed by atoms with van der Waals surface area (Å²) in [5, 5.41) is 0. The average molecular weight is 390 g/mol. The van der Waals surface area contributed by atoms with E-state index in [-0.39, 0.29) is 6.61 Å². The Balaban J connectivity index is 3.19. The lowest BCUT2D eigenvalue weighted by Crippen LogP contribution is -2.53. The standard InChI is InChI=1S/C17H26O10/c1-9(18)22-7-13(24-10(2)19)15(25-11(3)20)16(26-12(4)21)14-8-23-17(5,6)27-14/h13-16H,7-8H2,1-6H3/t13-,14+,15+,16+/m0/s1. The van der Waals surface area contributed by atoms with Crippen molar-refractivity contribution in [3.63, 3.8) is 0 Å². The molecule has 1 saturated heterocycles. The number of ether oxygens (including phenoxy) is 6. The lowest BCUT2D eigenvalue weighted by atomic mass is 10.0. The Morgan fingerprint density at radius 1 is 0.926 bits per heavy atom. The Bertz CT molecular complexity index is 570. The Hall–Kier alpha value is -2.20. The highest BCUT2D eigenvalue weighted by molar-refractivity contribution is 5.68. The molecule has 0 aromatic heterocycles. The number of carbonyl (C=O) groups is 4. The monoisotopic (exact) mass is 390 g/mol. The summed E-state index contributed by atoms with van der Waals surface area (Å²) in [5.74, 6) is -3.65. The summed E-state index contributed by atoms with van der Waals surface area (Å²) in [6, 6.07) is 0. The second-order valence-electron chi connectivity index (χ2n) is 6.47. The van der Waals surface area contributed by atoms with Crippen LogP contribution in [0.25, 0.3) is 0 Å². The molecule has 0 radical (unpaired) electrons. The summed E-state index contributed by atoms with van der Waals surface area (Å²) in [5.41, 5.74) is 0. The highest BCUT2D eigenvalue weighted by Crippen LogP contribution is 2.29. The molecule has 0 saturated carbocycles. The van der Waals surface area contributed by atoms with E-state index in [2.05, 4.69) is 0 Å². The van der Waals surface area contributed by atoms with Crippen LogP contribution in [0.3, 0.4) is 0 Å². The summed E-state index contributed by atoms with van der Waals surface area (Å²) < 4.78 is 31.8. The molecule has 0 aromatic rings. The first kappa shape index (κ1) is 22.8. The van der Waals surface area contributed by atoms with Gasteiger partial charge in [0, 0.05) is 27.7 Å². The van der Waals surface area contributed by atoms with Crippen molar-refractivity contribution in [1.29, 1.82) is 0 Å². The third kappa shape index (κ3) is 7.92. The van der Waals surface area contributed by atoms with E-state index < -0.39 is 60.7 Å². The topological polar surface area (TPSA) is 124 Å². The Labute approximate surface area is 157 Å². The van der Waals surface area contributed by atoms with E-state index in [1.807, 2.05) is 0 Å². The van der Waals surface area contributed by atoms with Gasteiger partial charge in [-0.05, 0) is 13.8 Å². The first-order chi connectivity index (χ1) is 12.4. The van der Waals surface area contributed by atoms with Crippen LogP contribution in [0.2, 0.25) is 0 Å². The zero-order valence-corrected chi connectivity index (χ0v) is 16.3. The Morgan fingerprint density at radius 2 is 1.48 bits per heavy atom. The van der Waals surface area contributed by atoms with Crippen molar-refractivity contribution in [3.05, 3.63) is 0 Å². The molecular weight excluding hydrogens is 364 g/mol. The summed E-state index contributed by atoms with van der Waals surface area (Å²) in [6.45, 7) is 7.61. The van der Waals surface area contributed by atoms with Crippen molar-refractivity contribution >= 4 is 23.9 Å². The van der Waals surface area contributed by atoms with E-state index in [1.54, 1.807) is 13.8 Å². The van der Waals surface area contributed by atoms with Gasteiger partial charge in [0.1, 0.15) is 12.7 Å². The van der Waals surface area contributed by atoms with Crippen LogP contribution in [-0.4, -0.2) is 67.3 Å². The second-order valence-corrected chi connectivity index (χ2v) is 6.47. The van der Waals surface area contributed by atoms with Gasteiger partial charge in [-0.2, -0.15) is 0 Å². The van der Waals surface area contributed by atoms with Crippen LogP contribution in [0.15, 0.2) is 0 Å². The summed E-state index contributed by atoms with van der Waals surface area (Å²) >= 11 is 0. The molecule has 0 aliphatic carbocycles. The number of hydrogen-bond donors (Lipinski definition) is 0. The van der Waals surface area contributed by atoms with E-state index in [0.29, 0.717) is 0 Å². The van der Waals surface area contributed by atoms with Gasteiger partial charge in [0.15, 0.2) is 24.1 Å². The first-order valence-corrected chi connectivity index (χ1v) is 8.38.